The molecule has 0 bridgehead atoms. The molecule has 1 atom stereocenters. The standard InChI is InChI=1S/C11H9NO4/c1-7(13)16-11(5-12)8-2-3-9-10(4-8)15-6-14-9/h2-4,11H,6H2,1H3/t11-/m1/s1. The van der Waals surface area contributed by atoms with Gasteiger partial charge in [0.2, 0.25) is 12.9 Å². The molecule has 0 aromatic heterocycles. The van der Waals surface area contributed by atoms with E-state index in [1.165, 1.54) is 6.92 Å². The van der Waals surface area contributed by atoms with Gasteiger partial charge in [0.05, 0.1) is 0 Å². The Bertz CT molecular complexity index is 464. The minimum Gasteiger partial charge on any atom is -0.454 e. The Morgan fingerprint density at radius 2 is 2.25 bits per heavy atom. The van der Waals surface area contributed by atoms with Crippen LogP contribution in [0.4, 0.5) is 0 Å². The SMILES string of the molecule is CC(=O)O[C@H](C#N)c1ccc2c(c1)OCO2. The van der Waals surface area contributed by atoms with Crippen LogP contribution in [0.5, 0.6) is 11.5 Å². The second-order valence-electron chi connectivity index (χ2n) is 3.23. The lowest BCUT2D eigenvalue weighted by molar-refractivity contribution is -0.144. The fourth-order valence-electron chi connectivity index (χ4n) is 1.41. The number of ether oxygens (including phenoxy) is 3. The first-order valence-electron chi connectivity index (χ1n) is 4.67. The van der Waals surface area contributed by atoms with E-state index >= 15 is 0 Å². The zero-order valence-electron chi connectivity index (χ0n) is 8.60. The molecule has 0 aliphatic carbocycles. The van der Waals surface area contributed by atoms with E-state index in [1.54, 1.807) is 18.2 Å². The van der Waals surface area contributed by atoms with Crippen LogP contribution in [0.25, 0.3) is 0 Å². The maximum Gasteiger partial charge on any atom is 0.304 e. The van der Waals surface area contributed by atoms with Gasteiger partial charge in [0, 0.05) is 12.5 Å². The lowest BCUT2D eigenvalue weighted by atomic mass is 10.1. The smallest absolute Gasteiger partial charge is 0.304 e. The summed E-state index contributed by atoms with van der Waals surface area (Å²) in [4.78, 5) is 10.8. The summed E-state index contributed by atoms with van der Waals surface area (Å²) < 4.78 is 15.2. The molecule has 0 unspecified atom stereocenters. The summed E-state index contributed by atoms with van der Waals surface area (Å²) in [6.07, 6.45) is -0.910. The van der Waals surface area contributed by atoms with Gasteiger partial charge < -0.3 is 14.2 Å². The lowest BCUT2D eigenvalue weighted by Crippen LogP contribution is -2.06. The molecule has 0 fully saturated rings. The average molecular weight is 219 g/mol. The molecule has 1 aliphatic rings. The molecule has 1 heterocycles. The summed E-state index contributed by atoms with van der Waals surface area (Å²) in [7, 11) is 0. The van der Waals surface area contributed by atoms with E-state index in [2.05, 4.69) is 0 Å². The minimum absolute atomic E-state index is 0.170. The molecule has 1 aliphatic heterocycles. The minimum atomic E-state index is -0.910. The molecule has 0 N–H and O–H groups in total. The monoisotopic (exact) mass is 219 g/mol. The lowest BCUT2D eigenvalue weighted by Gasteiger charge is -2.09. The third-order valence-corrected chi connectivity index (χ3v) is 2.10. The third kappa shape index (κ3) is 1.91. The van der Waals surface area contributed by atoms with Gasteiger partial charge in [-0.2, -0.15) is 5.26 Å². The normalized spacial score (nSPS) is 14.0. The van der Waals surface area contributed by atoms with Crippen LogP contribution in [-0.2, 0) is 9.53 Å². The van der Waals surface area contributed by atoms with Crippen LogP contribution in [0.15, 0.2) is 18.2 Å². The van der Waals surface area contributed by atoms with Gasteiger partial charge in [-0.15, -0.1) is 0 Å². The molecule has 0 saturated heterocycles. The fourth-order valence-corrected chi connectivity index (χ4v) is 1.41. The highest BCUT2D eigenvalue weighted by Crippen LogP contribution is 2.34. The third-order valence-electron chi connectivity index (χ3n) is 2.10. The number of rotatable bonds is 2. The fraction of sp³-hybridized carbons (Fsp3) is 0.273. The number of benzene rings is 1. The van der Waals surface area contributed by atoms with Gasteiger partial charge in [0.15, 0.2) is 11.5 Å². The zero-order chi connectivity index (χ0) is 11.5. The van der Waals surface area contributed by atoms with Crippen LogP contribution >= 0.6 is 0 Å². The Morgan fingerprint density at radius 1 is 1.50 bits per heavy atom. The van der Waals surface area contributed by atoms with E-state index in [9.17, 15) is 4.79 Å². The number of hydrogen-bond acceptors (Lipinski definition) is 5. The molecule has 16 heavy (non-hydrogen) atoms. The Kier molecular flexibility index (Phi) is 2.64. The Balaban J connectivity index is 2.26. The highest BCUT2D eigenvalue weighted by Gasteiger charge is 2.19. The van der Waals surface area contributed by atoms with Crippen molar-refractivity contribution in [1.82, 2.24) is 0 Å². The van der Waals surface area contributed by atoms with Gasteiger partial charge in [-0.05, 0) is 12.1 Å². The highest BCUT2D eigenvalue weighted by molar-refractivity contribution is 5.66. The maximum atomic E-state index is 10.8. The molecule has 0 saturated carbocycles. The van der Waals surface area contributed by atoms with Gasteiger partial charge >= 0.3 is 5.97 Å². The Labute approximate surface area is 92.1 Å². The van der Waals surface area contributed by atoms with Gasteiger partial charge in [-0.1, -0.05) is 6.07 Å². The van der Waals surface area contributed by atoms with Crippen molar-refractivity contribution in [3.63, 3.8) is 0 Å². The van der Waals surface area contributed by atoms with Crippen molar-refractivity contribution in [2.24, 2.45) is 0 Å². The van der Waals surface area contributed by atoms with E-state index in [0.29, 0.717) is 17.1 Å². The van der Waals surface area contributed by atoms with Gasteiger partial charge in [-0.25, -0.2) is 0 Å². The van der Waals surface area contributed by atoms with Gasteiger partial charge in [-0.3, -0.25) is 4.79 Å². The van der Waals surface area contributed by atoms with Crippen molar-refractivity contribution in [3.8, 4) is 17.6 Å². The summed E-state index contributed by atoms with van der Waals surface area (Å²) >= 11 is 0. The summed E-state index contributed by atoms with van der Waals surface area (Å²) in [5, 5.41) is 8.88. The first-order valence-corrected chi connectivity index (χ1v) is 4.67. The van der Waals surface area contributed by atoms with Crippen molar-refractivity contribution < 1.29 is 19.0 Å². The second kappa shape index (κ2) is 4.11. The number of carbonyl (C=O) groups is 1. The maximum absolute atomic E-state index is 10.8. The molecular weight excluding hydrogens is 210 g/mol. The number of nitriles is 1. The van der Waals surface area contributed by atoms with E-state index in [1.807, 2.05) is 6.07 Å². The predicted molar refractivity (Wildman–Crippen MR) is 52.7 cm³/mol. The number of fused-ring (bicyclic) bond motifs is 1. The largest absolute Gasteiger partial charge is 0.454 e. The quantitative estimate of drug-likeness (QED) is 0.706. The Hall–Kier alpha value is -2.22. The van der Waals surface area contributed by atoms with E-state index in [4.69, 9.17) is 19.5 Å². The van der Waals surface area contributed by atoms with Crippen LogP contribution in [0, 0.1) is 11.3 Å². The molecule has 1 aromatic rings. The van der Waals surface area contributed by atoms with Crippen molar-refractivity contribution in [3.05, 3.63) is 23.8 Å². The number of carbonyl (C=O) groups excluding carboxylic acids is 1. The van der Waals surface area contributed by atoms with Crippen molar-refractivity contribution in [2.75, 3.05) is 6.79 Å². The summed E-state index contributed by atoms with van der Waals surface area (Å²) in [5.41, 5.74) is 0.571. The van der Waals surface area contributed by atoms with E-state index < -0.39 is 12.1 Å². The number of esters is 1. The van der Waals surface area contributed by atoms with Gasteiger partial charge in [0.1, 0.15) is 6.07 Å². The second-order valence-corrected chi connectivity index (χ2v) is 3.23. The molecule has 82 valence electrons. The summed E-state index contributed by atoms with van der Waals surface area (Å²) in [5.74, 6) is 0.692. The zero-order valence-corrected chi connectivity index (χ0v) is 8.60. The van der Waals surface area contributed by atoms with E-state index in [-0.39, 0.29) is 6.79 Å². The van der Waals surface area contributed by atoms with Crippen molar-refractivity contribution in [1.29, 1.82) is 5.26 Å². The molecule has 0 radical (unpaired) electrons. The number of nitrogens with zero attached hydrogens (tertiary/aromatic N) is 1. The molecule has 2 rings (SSSR count). The topological polar surface area (TPSA) is 68.6 Å². The summed E-state index contributed by atoms with van der Waals surface area (Å²) in [6.45, 7) is 1.43. The van der Waals surface area contributed by atoms with E-state index in [0.717, 1.165) is 0 Å². The molecular formula is C11H9NO4. The van der Waals surface area contributed by atoms with Crippen LogP contribution in [-0.4, -0.2) is 12.8 Å². The highest BCUT2D eigenvalue weighted by atomic mass is 16.7. The van der Waals surface area contributed by atoms with Crippen LogP contribution in [0.1, 0.15) is 18.6 Å². The predicted octanol–water partition coefficient (Wildman–Crippen LogP) is 1.54. The molecule has 0 spiro atoms. The molecule has 0 amide bonds. The average Bonchev–Trinajstić information content (AvgIpc) is 2.72. The van der Waals surface area contributed by atoms with Crippen molar-refractivity contribution in [2.45, 2.75) is 13.0 Å². The van der Waals surface area contributed by atoms with Gasteiger partial charge in [0.25, 0.3) is 0 Å². The summed E-state index contributed by atoms with van der Waals surface area (Å²) in [6, 6.07) is 6.90. The van der Waals surface area contributed by atoms with Crippen LogP contribution in [0.3, 0.4) is 0 Å². The molecule has 1 aromatic carbocycles. The first-order chi connectivity index (χ1) is 7.70. The molecule has 5 heteroatoms. The molecule has 5 nitrogen and oxygen atoms in total. The van der Waals surface area contributed by atoms with Crippen LogP contribution < -0.4 is 9.47 Å². The van der Waals surface area contributed by atoms with Crippen LogP contribution in [0.2, 0.25) is 0 Å². The Morgan fingerprint density at radius 3 is 2.94 bits per heavy atom. The number of hydrogen-bond donors (Lipinski definition) is 0. The van der Waals surface area contributed by atoms with Crippen molar-refractivity contribution >= 4 is 5.97 Å². The first kappa shape index (κ1) is 10.3.